The van der Waals surface area contributed by atoms with Crippen molar-refractivity contribution >= 4 is 11.8 Å². The minimum absolute atomic E-state index is 0.105. The number of rotatable bonds is 6. The van der Waals surface area contributed by atoms with Crippen molar-refractivity contribution in [2.45, 2.75) is 57.7 Å². The van der Waals surface area contributed by atoms with Gasteiger partial charge in [-0.1, -0.05) is 30.3 Å². The van der Waals surface area contributed by atoms with Crippen LogP contribution in [0.15, 0.2) is 30.3 Å². The van der Waals surface area contributed by atoms with Crippen molar-refractivity contribution in [2.24, 2.45) is 5.92 Å². The van der Waals surface area contributed by atoms with E-state index >= 15 is 0 Å². The summed E-state index contributed by atoms with van der Waals surface area (Å²) in [7, 11) is 1.62. The Labute approximate surface area is 156 Å². The Hall–Kier alpha value is -1.88. The van der Waals surface area contributed by atoms with E-state index in [0.717, 1.165) is 32.4 Å². The molecule has 0 N–H and O–H groups in total. The molecule has 0 aromatic heterocycles. The second kappa shape index (κ2) is 8.21. The highest BCUT2D eigenvalue weighted by molar-refractivity contribution is 5.88. The second-order valence-corrected chi connectivity index (χ2v) is 7.69. The van der Waals surface area contributed by atoms with Gasteiger partial charge >= 0.3 is 0 Å². The molecule has 0 aliphatic carbocycles. The van der Waals surface area contributed by atoms with Crippen molar-refractivity contribution in [1.29, 1.82) is 0 Å². The van der Waals surface area contributed by atoms with Crippen LogP contribution in [0.1, 0.15) is 38.7 Å². The lowest BCUT2D eigenvalue weighted by atomic mass is 9.79. The highest BCUT2D eigenvalue weighted by atomic mass is 16.5. The molecule has 2 aliphatic heterocycles. The molecule has 142 valence electrons. The molecule has 1 aromatic carbocycles. The van der Waals surface area contributed by atoms with Gasteiger partial charge in [0.25, 0.3) is 5.91 Å². The first kappa shape index (κ1) is 18.9. The molecule has 1 aromatic rings. The monoisotopic (exact) mass is 358 g/mol. The van der Waals surface area contributed by atoms with Gasteiger partial charge in [-0.25, -0.2) is 0 Å². The number of carbonyl (C=O) groups excluding carboxylic acids is 2. The number of aryl methyl sites for hydroxylation is 1. The van der Waals surface area contributed by atoms with Gasteiger partial charge in [-0.2, -0.15) is 0 Å². The number of carbonyl (C=O) groups is 2. The third-order valence-corrected chi connectivity index (χ3v) is 5.79. The molecule has 2 amide bonds. The van der Waals surface area contributed by atoms with E-state index in [2.05, 4.69) is 26.0 Å². The Morgan fingerprint density at radius 1 is 1.19 bits per heavy atom. The molecule has 2 aliphatic rings. The zero-order chi connectivity index (χ0) is 18.7. The minimum Gasteiger partial charge on any atom is -0.369 e. The van der Waals surface area contributed by atoms with E-state index in [1.54, 1.807) is 7.11 Å². The first-order valence-electron chi connectivity index (χ1n) is 9.69. The van der Waals surface area contributed by atoms with E-state index in [9.17, 15) is 9.59 Å². The number of piperidine rings is 1. The number of amides is 2. The van der Waals surface area contributed by atoms with Gasteiger partial charge in [0, 0.05) is 32.7 Å². The van der Waals surface area contributed by atoms with E-state index in [1.165, 1.54) is 5.56 Å². The van der Waals surface area contributed by atoms with Crippen molar-refractivity contribution in [2.75, 3.05) is 20.2 Å². The predicted molar refractivity (Wildman–Crippen MR) is 101 cm³/mol. The molecule has 5 nitrogen and oxygen atoms in total. The molecule has 2 saturated heterocycles. The smallest absolute Gasteiger partial charge is 0.254 e. The SMILES string of the molecule is CO[C@H]1C(=O)N(C(C)C)[C@H]1C1CCN(C(=O)CCc2ccccc2)CC1. The van der Waals surface area contributed by atoms with Crippen LogP contribution in [0.4, 0.5) is 0 Å². The van der Waals surface area contributed by atoms with Crippen LogP contribution in [0.5, 0.6) is 0 Å². The summed E-state index contributed by atoms with van der Waals surface area (Å²) in [6.07, 6.45) is 2.94. The quantitative estimate of drug-likeness (QED) is 0.734. The maximum absolute atomic E-state index is 12.5. The van der Waals surface area contributed by atoms with Crippen LogP contribution in [-0.4, -0.2) is 60.0 Å². The van der Waals surface area contributed by atoms with Crippen LogP contribution in [0, 0.1) is 5.92 Å². The standard InChI is InChI=1S/C21H30N2O3/c1-15(2)23-19(20(26-3)21(23)25)17-11-13-22(14-12-17)18(24)10-9-16-7-5-4-6-8-16/h4-8,15,17,19-20H,9-14H2,1-3H3/t19-,20+/m0/s1. The van der Waals surface area contributed by atoms with Gasteiger partial charge in [-0.3, -0.25) is 9.59 Å². The molecule has 2 fully saturated rings. The molecule has 0 spiro atoms. The Bertz CT molecular complexity index is 623. The summed E-state index contributed by atoms with van der Waals surface area (Å²) < 4.78 is 5.43. The molecule has 0 radical (unpaired) electrons. The zero-order valence-corrected chi connectivity index (χ0v) is 16.1. The highest BCUT2D eigenvalue weighted by Crippen LogP contribution is 2.36. The fraction of sp³-hybridized carbons (Fsp3) is 0.619. The topological polar surface area (TPSA) is 49.9 Å². The molecule has 5 heteroatoms. The van der Waals surface area contributed by atoms with Crippen molar-refractivity contribution in [3.05, 3.63) is 35.9 Å². The second-order valence-electron chi connectivity index (χ2n) is 7.69. The molecular weight excluding hydrogens is 328 g/mol. The van der Waals surface area contributed by atoms with Crippen LogP contribution in [0.25, 0.3) is 0 Å². The fourth-order valence-corrected chi connectivity index (χ4v) is 4.36. The summed E-state index contributed by atoms with van der Waals surface area (Å²) in [5.41, 5.74) is 1.21. The predicted octanol–water partition coefficient (Wildman–Crippen LogP) is 2.49. The lowest BCUT2D eigenvalue weighted by Crippen LogP contribution is -2.70. The molecule has 26 heavy (non-hydrogen) atoms. The summed E-state index contributed by atoms with van der Waals surface area (Å²) in [6, 6.07) is 10.5. The van der Waals surface area contributed by atoms with Gasteiger partial charge in [0.15, 0.2) is 6.10 Å². The lowest BCUT2D eigenvalue weighted by molar-refractivity contribution is -0.182. The number of hydrogen-bond donors (Lipinski definition) is 0. The minimum atomic E-state index is -0.303. The molecule has 0 bridgehead atoms. The van der Waals surface area contributed by atoms with E-state index < -0.39 is 0 Å². The van der Waals surface area contributed by atoms with Crippen LogP contribution < -0.4 is 0 Å². The average molecular weight is 358 g/mol. The van der Waals surface area contributed by atoms with Gasteiger partial charge in [0.2, 0.25) is 5.91 Å². The van der Waals surface area contributed by atoms with Gasteiger partial charge in [0.1, 0.15) is 0 Å². The molecule has 2 heterocycles. The lowest BCUT2D eigenvalue weighted by Gasteiger charge is -2.53. The van der Waals surface area contributed by atoms with E-state index in [1.807, 2.05) is 28.0 Å². The van der Waals surface area contributed by atoms with Gasteiger partial charge in [0.05, 0.1) is 6.04 Å². The van der Waals surface area contributed by atoms with Crippen LogP contribution in [0.2, 0.25) is 0 Å². The Balaban J connectivity index is 1.50. The number of likely N-dealkylation sites (tertiary alicyclic amines) is 2. The fourth-order valence-electron chi connectivity index (χ4n) is 4.36. The molecule has 3 rings (SSSR count). The van der Waals surface area contributed by atoms with E-state index in [-0.39, 0.29) is 30.0 Å². The Morgan fingerprint density at radius 3 is 2.42 bits per heavy atom. The van der Waals surface area contributed by atoms with Crippen LogP contribution in [-0.2, 0) is 20.7 Å². The summed E-state index contributed by atoms with van der Waals surface area (Å²) in [5, 5.41) is 0. The average Bonchev–Trinajstić information content (AvgIpc) is 2.65. The van der Waals surface area contributed by atoms with Crippen molar-refractivity contribution < 1.29 is 14.3 Å². The number of β-lactam (4-membered cyclic amide) rings is 1. The number of ether oxygens (including phenoxy) is 1. The van der Waals surface area contributed by atoms with Crippen molar-refractivity contribution in [3.63, 3.8) is 0 Å². The third-order valence-electron chi connectivity index (χ3n) is 5.79. The Kier molecular flexibility index (Phi) is 5.97. The Morgan fingerprint density at radius 2 is 1.85 bits per heavy atom. The largest absolute Gasteiger partial charge is 0.369 e. The van der Waals surface area contributed by atoms with Crippen molar-refractivity contribution in [3.8, 4) is 0 Å². The third kappa shape index (κ3) is 3.78. The summed E-state index contributed by atoms with van der Waals surface area (Å²) >= 11 is 0. The maximum Gasteiger partial charge on any atom is 0.254 e. The maximum atomic E-state index is 12.5. The normalized spacial score (nSPS) is 24.1. The van der Waals surface area contributed by atoms with Crippen LogP contribution >= 0.6 is 0 Å². The van der Waals surface area contributed by atoms with Gasteiger partial charge in [-0.15, -0.1) is 0 Å². The summed E-state index contributed by atoms with van der Waals surface area (Å²) in [4.78, 5) is 28.7. The first-order chi connectivity index (χ1) is 12.5. The molecule has 0 unspecified atom stereocenters. The zero-order valence-electron chi connectivity index (χ0n) is 16.1. The summed E-state index contributed by atoms with van der Waals surface area (Å²) in [5.74, 6) is 0.757. The van der Waals surface area contributed by atoms with Crippen molar-refractivity contribution in [1.82, 2.24) is 9.80 Å². The van der Waals surface area contributed by atoms with E-state index in [0.29, 0.717) is 12.3 Å². The molecule has 0 saturated carbocycles. The number of methoxy groups -OCH3 is 1. The number of nitrogens with zero attached hydrogens (tertiary/aromatic N) is 2. The first-order valence-corrected chi connectivity index (χ1v) is 9.69. The highest BCUT2D eigenvalue weighted by Gasteiger charge is 2.52. The molecular formula is C21H30N2O3. The van der Waals surface area contributed by atoms with E-state index in [4.69, 9.17) is 4.74 Å². The summed E-state index contributed by atoms with van der Waals surface area (Å²) in [6.45, 7) is 5.68. The van der Waals surface area contributed by atoms with Gasteiger partial charge in [-0.05, 0) is 44.6 Å². The van der Waals surface area contributed by atoms with Gasteiger partial charge < -0.3 is 14.5 Å². The van der Waals surface area contributed by atoms with Crippen LogP contribution in [0.3, 0.4) is 0 Å². The molecule has 2 atom stereocenters. The number of benzene rings is 1. The number of hydrogen-bond acceptors (Lipinski definition) is 3.